The number of nitrogens with one attached hydrogen (secondary N) is 1. The molecule has 4 aromatic rings. The lowest BCUT2D eigenvalue weighted by atomic mass is 10.1. The summed E-state index contributed by atoms with van der Waals surface area (Å²) in [6.45, 7) is 2.08. The molecule has 0 bridgehead atoms. The Labute approximate surface area is 132 Å². The van der Waals surface area contributed by atoms with E-state index in [-0.39, 0.29) is 0 Å². The molecule has 4 heterocycles. The quantitative estimate of drug-likeness (QED) is 0.626. The van der Waals surface area contributed by atoms with Crippen molar-refractivity contribution < 1.29 is 4.52 Å². The first kappa shape index (κ1) is 13.6. The molecule has 0 unspecified atom stereocenters. The topological polar surface area (TPSA) is 80.5 Å². The van der Waals surface area contributed by atoms with Gasteiger partial charge in [-0.3, -0.25) is 4.98 Å². The van der Waals surface area contributed by atoms with Crippen molar-refractivity contribution in [2.24, 2.45) is 0 Å². The first-order chi connectivity index (χ1) is 11.3. The van der Waals surface area contributed by atoms with E-state index >= 15 is 0 Å². The summed E-state index contributed by atoms with van der Waals surface area (Å²) in [5.41, 5.74) is 3.84. The highest BCUT2D eigenvalue weighted by molar-refractivity contribution is 5.79. The van der Waals surface area contributed by atoms with E-state index in [4.69, 9.17) is 4.52 Å². The van der Waals surface area contributed by atoms with E-state index in [1.807, 2.05) is 30.5 Å². The fraction of sp³-hybridized carbons (Fsp3) is 0.176. The van der Waals surface area contributed by atoms with Gasteiger partial charge >= 0.3 is 0 Å². The van der Waals surface area contributed by atoms with E-state index in [2.05, 4.69) is 32.0 Å². The minimum absolute atomic E-state index is 0.537. The molecule has 0 spiro atoms. The molecule has 0 fully saturated rings. The molecular formula is C17H15N5O. The Kier molecular flexibility index (Phi) is 3.34. The maximum absolute atomic E-state index is 5.41. The summed E-state index contributed by atoms with van der Waals surface area (Å²) in [5.74, 6) is 1.10. The van der Waals surface area contributed by atoms with E-state index in [0.29, 0.717) is 18.1 Å². The van der Waals surface area contributed by atoms with E-state index in [9.17, 15) is 0 Å². The first-order valence-corrected chi connectivity index (χ1v) is 7.53. The van der Waals surface area contributed by atoms with Crippen LogP contribution in [0.15, 0.2) is 47.4 Å². The van der Waals surface area contributed by atoms with E-state index in [1.165, 1.54) is 0 Å². The smallest absolute Gasteiger partial charge is 0.231 e. The van der Waals surface area contributed by atoms with Gasteiger partial charge in [-0.15, -0.1) is 0 Å². The van der Waals surface area contributed by atoms with Crippen molar-refractivity contribution in [1.82, 2.24) is 25.1 Å². The standard InChI is InChI=1S/C17H15N5O/c1-2-11-5-3-7-18-15(11)17-21-14(23-22-17)9-12-10-20-16-13(12)6-4-8-19-16/h3-8,10H,2,9H2,1H3,(H,19,20). The monoisotopic (exact) mass is 305 g/mol. The van der Waals surface area contributed by atoms with Gasteiger partial charge < -0.3 is 9.51 Å². The molecule has 0 saturated carbocycles. The maximum atomic E-state index is 5.41. The second kappa shape index (κ2) is 5.64. The van der Waals surface area contributed by atoms with Crippen LogP contribution in [-0.4, -0.2) is 25.1 Å². The first-order valence-electron chi connectivity index (χ1n) is 7.53. The molecule has 0 amide bonds. The van der Waals surface area contributed by atoms with E-state index < -0.39 is 0 Å². The number of rotatable bonds is 4. The highest BCUT2D eigenvalue weighted by atomic mass is 16.5. The second-order valence-electron chi connectivity index (χ2n) is 5.27. The van der Waals surface area contributed by atoms with Crippen molar-refractivity contribution in [3.8, 4) is 11.5 Å². The minimum Gasteiger partial charge on any atom is -0.346 e. The Bertz CT molecular complexity index is 956. The van der Waals surface area contributed by atoms with Crippen molar-refractivity contribution in [3.05, 3.63) is 59.9 Å². The largest absolute Gasteiger partial charge is 0.346 e. The average Bonchev–Trinajstić information content (AvgIpc) is 3.23. The molecule has 4 rings (SSSR count). The van der Waals surface area contributed by atoms with Crippen LogP contribution in [0.2, 0.25) is 0 Å². The van der Waals surface area contributed by atoms with Crippen LogP contribution in [0.1, 0.15) is 23.9 Å². The molecule has 6 heteroatoms. The van der Waals surface area contributed by atoms with Crippen molar-refractivity contribution >= 4 is 11.0 Å². The van der Waals surface area contributed by atoms with Crippen molar-refractivity contribution in [3.63, 3.8) is 0 Å². The van der Waals surface area contributed by atoms with Gasteiger partial charge in [-0.05, 0) is 35.7 Å². The van der Waals surface area contributed by atoms with E-state index in [0.717, 1.165) is 34.3 Å². The van der Waals surface area contributed by atoms with Gasteiger partial charge in [-0.1, -0.05) is 18.1 Å². The number of hydrogen-bond donors (Lipinski definition) is 1. The lowest BCUT2D eigenvalue weighted by Gasteiger charge is -2.00. The molecular weight excluding hydrogens is 290 g/mol. The molecule has 23 heavy (non-hydrogen) atoms. The Morgan fingerprint density at radius 3 is 2.87 bits per heavy atom. The maximum Gasteiger partial charge on any atom is 0.231 e. The van der Waals surface area contributed by atoms with Crippen LogP contribution < -0.4 is 0 Å². The summed E-state index contributed by atoms with van der Waals surface area (Å²) in [6.07, 6.45) is 6.88. The molecule has 4 aromatic heterocycles. The average molecular weight is 305 g/mol. The van der Waals surface area contributed by atoms with Gasteiger partial charge in [0.05, 0.1) is 6.42 Å². The van der Waals surface area contributed by atoms with E-state index in [1.54, 1.807) is 12.4 Å². The minimum atomic E-state index is 0.537. The molecule has 1 N–H and O–H groups in total. The zero-order valence-electron chi connectivity index (χ0n) is 12.7. The number of fused-ring (bicyclic) bond motifs is 1. The molecule has 0 saturated heterocycles. The zero-order chi connectivity index (χ0) is 15.6. The van der Waals surface area contributed by atoms with Crippen molar-refractivity contribution in [2.45, 2.75) is 19.8 Å². The Balaban J connectivity index is 1.66. The van der Waals surface area contributed by atoms with Crippen molar-refractivity contribution in [2.75, 3.05) is 0 Å². The number of aryl methyl sites for hydroxylation is 1. The highest BCUT2D eigenvalue weighted by Crippen LogP contribution is 2.22. The SMILES string of the molecule is CCc1cccnc1-c1noc(Cc2c[nH]c3ncccc23)n1. The predicted octanol–water partition coefficient (Wildman–Crippen LogP) is 3.16. The third kappa shape index (κ3) is 2.48. The van der Waals surface area contributed by atoms with Gasteiger partial charge in [0.1, 0.15) is 11.3 Å². The van der Waals surface area contributed by atoms with Gasteiger partial charge in [-0.2, -0.15) is 4.98 Å². The van der Waals surface area contributed by atoms with Gasteiger partial charge in [0, 0.05) is 24.0 Å². The number of hydrogen-bond acceptors (Lipinski definition) is 5. The lowest BCUT2D eigenvalue weighted by Crippen LogP contribution is -1.93. The molecule has 6 nitrogen and oxygen atoms in total. The summed E-state index contributed by atoms with van der Waals surface area (Å²) in [7, 11) is 0. The number of pyridine rings is 2. The predicted molar refractivity (Wildman–Crippen MR) is 85.8 cm³/mol. The van der Waals surface area contributed by atoms with Crippen LogP contribution in [0.3, 0.4) is 0 Å². The lowest BCUT2D eigenvalue weighted by molar-refractivity contribution is 0.386. The van der Waals surface area contributed by atoms with Crippen LogP contribution in [0.25, 0.3) is 22.6 Å². The summed E-state index contributed by atoms with van der Waals surface area (Å²) >= 11 is 0. The van der Waals surface area contributed by atoms with Crippen LogP contribution in [0, 0.1) is 0 Å². The molecule has 0 radical (unpaired) electrons. The van der Waals surface area contributed by atoms with Crippen LogP contribution >= 0.6 is 0 Å². The van der Waals surface area contributed by atoms with Gasteiger partial charge in [-0.25, -0.2) is 4.98 Å². The Morgan fingerprint density at radius 2 is 1.96 bits per heavy atom. The summed E-state index contributed by atoms with van der Waals surface area (Å²) in [5, 5.41) is 5.15. The van der Waals surface area contributed by atoms with Gasteiger partial charge in [0.25, 0.3) is 0 Å². The molecule has 0 aromatic carbocycles. The van der Waals surface area contributed by atoms with Crippen LogP contribution in [-0.2, 0) is 12.8 Å². The second-order valence-corrected chi connectivity index (χ2v) is 5.27. The number of aromatic amines is 1. The fourth-order valence-electron chi connectivity index (χ4n) is 2.67. The van der Waals surface area contributed by atoms with Gasteiger partial charge in [0.2, 0.25) is 11.7 Å². The Morgan fingerprint density at radius 1 is 1.09 bits per heavy atom. The normalized spacial score (nSPS) is 11.2. The summed E-state index contributed by atoms with van der Waals surface area (Å²) in [4.78, 5) is 16.3. The molecule has 0 aliphatic rings. The third-order valence-corrected chi connectivity index (χ3v) is 3.83. The highest BCUT2D eigenvalue weighted by Gasteiger charge is 2.14. The van der Waals surface area contributed by atoms with Crippen LogP contribution in [0.4, 0.5) is 0 Å². The summed E-state index contributed by atoms with van der Waals surface area (Å²) < 4.78 is 5.41. The van der Waals surface area contributed by atoms with Crippen LogP contribution in [0.5, 0.6) is 0 Å². The number of aromatic nitrogens is 5. The van der Waals surface area contributed by atoms with Crippen molar-refractivity contribution in [1.29, 1.82) is 0 Å². The molecule has 0 aliphatic carbocycles. The zero-order valence-corrected chi connectivity index (χ0v) is 12.7. The Hall–Kier alpha value is -3.02. The fourth-order valence-corrected chi connectivity index (χ4v) is 2.67. The van der Waals surface area contributed by atoms with Gasteiger partial charge in [0.15, 0.2) is 0 Å². The summed E-state index contributed by atoms with van der Waals surface area (Å²) in [6, 6.07) is 7.89. The third-order valence-electron chi connectivity index (χ3n) is 3.83. The molecule has 0 atom stereocenters. The number of nitrogens with zero attached hydrogens (tertiary/aromatic N) is 4. The number of H-pyrrole nitrogens is 1. The molecule has 0 aliphatic heterocycles. The molecule has 114 valence electrons.